The van der Waals surface area contributed by atoms with Gasteiger partial charge >= 0.3 is 0 Å². The Kier molecular flexibility index (Phi) is 5.42. The van der Waals surface area contributed by atoms with Gasteiger partial charge in [0.25, 0.3) is 0 Å². The highest BCUT2D eigenvalue weighted by Crippen LogP contribution is 2.32. The van der Waals surface area contributed by atoms with Crippen molar-refractivity contribution in [3.63, 3.8) is 0 Å². The zero-order chi connectivity index (χ0) is 18.0. The van der Waals surface area contributed by atoms with Gasteiger partial charge in [0.2, 0.25) is 0 Å². The third-order valence-electron chi connectivity index (χ3n) is 5.28. The molecule has 5 nitrogen and oxygen atoms in total. The standard InChI is InChI=1S/C20H30N4O/c1-13(2)16-6-5-7-18(12-16)25-14(3)19-22-23-20(24(19)4)15-8-10-17(21)11-9-15/h5-7,12-15,17H,8-11,21H2,1-4H3. The number of hydrogen-bond acceptors (Lipinski definition) is 4. The van der Waals surface area contributed by atoms with Crippen molar-refractivity contribution in [1.29, 1.82) is 0 Å². The van der Waals surface area contributed by atoms with E-state index in [1.807, 2.05) is 26.1 Å². The third kappa shape index (κ3) is 4.03. The summed E-state index contributed by atoms with van der Waals surface area (Å²) < 4.78 is 8.26. The van der Waals surface area contributed by atoms with Gasteiger partial charge in [-0.1, -0.05) is 26.0 Å². The predicted octanol–water partition coefficient (Wildman–Crippen LogP) is 4.06. The van der Waals surface area contributed by atoms with Crippen LogP contribution in [0.2, 0.25) is 0 Å². The van der Waals surface area contributed by atoms with Crippen molar-refractivity contribution >= 4 is 0 Å². The highest BCUT2D eigenvalue weighted by atomic mass is 16.5. The number of aromatic nitrogens is 3. The predicted molar refractivity (Wildman–Crippen MR) is 99.8 cm³/mol. The molecule has 2 N–H and O–H groups in total. The summed E-state index contributed by atoms with van der Waals surface area (Å²) in [6.45, 7) is 6.41. The molecule has 1 atom stereocenters. The zero-order valence-electron chi connectivity index (χ0n) is 15.8. The Balaban J connectivity index is 1.72. The van der Waals surface area contributed by atoms with E-state index in [0.717, 1.165) is 43.1 Å². The number of rotatable bonds is 5. The van der Waals surface area contributed by atoms with Crippen molar-refractivity contribution in [1.82, 2.24) is 14.8 Å². The first-order valence-corrected chi connectivity index (χ1v) is 9.37. The van der Waals surface area contributed by atoms with Crippen LogP contribution >= 0.6 is 0 Å². The van der Waals surface area contributed by atoms with E-state index in [0.29, 0.717) is 17.9 Å². The Bertz CT molecular complexity index is 701. The normalized spacial score (nSPS) is 22.2. The fraction of sp³-hybridized carbons (Fsp3) is 0.600. The number of hydrogen-bond donors (Lipinski definition) is 1. The smallest absolute Gasteiger partial charge is 0.173 e. The lowest BCUT2D eigenvalue weighted by molar-refractivity contribution is 0.211. The minimum Gasteiger partial charge on any atom is -0.483 e. The quantitative estimate of drug-likeness (QED) is 0.890. The molecular formula is C20H30N4O. The van der Waals surface area contributed by atoms with Crippen LogP contribution in [0.5, 0.6) is 5.75 Å². The second kappa shape index (κ2) is 7.56. The molecule has 0 bridgehead atoms. The Morgan fingerprint density at radius 2 is 1.84 bits per heavy atom. The van der Waals surface area contributed by atoms with Crippen LogP contribution in [-0.2, 0) is 7.05 Å². The van der Waals surface area contributed by atoms with Gasteiger partial charge in [-0.25, -0.2) is 0 Å². The molecule has 1 aromatic carbocycles. The molecule has 2 aromatic rings. The van der Waals surface area contributed by atoms with Crippen molar-refractivity contribution in [3.8, 4) is 5.75 Å². The highest BCUT2D eigenvalue weighted by molar-refractivity contribution is 5.30. The van der Waals surface area contributed by atoms with Crippen molar-refractivity contribution in [3.05, 3.63) is 41.5 Å². The second-order valence-electron chi connectivity index (χ2n) is 7.57. The summed E-state index contributed by atoms with van der Waals surface area (Å²) in [5.41, 5.74) is 7.30. The highest BCUT2D eigenvalue weighted by Gasteiger charge is 2.26. The Morgan fingerprint density at radius 1 is 1.12 bits per heavy atom. The fourth-order valence-corrected chi connectivity index (χ4v) is 3.64. The van der Waals surface area contributed by atoms with E-state index in [9.17, 15) is 0 Å². The Hall–Kier alpha value is -1.88. The van der Waals surface area contributed by atoms with Gasteiger partial charge < -0.3 is 15.0 Å². The maximum absolute atomic E-state index is 6.15. The van der Waals surface area contributed by atoms with Crippen LogP contribution in [0, 0.1) is 0 Å². The van der Waals surface area contributed by atoms with Crippen molar-refractivity contribution < 1.29 is 4.74 Å². The molecule has 0 aliphatic heterocycles. The summed E-state index contributed by atoms with van der Waals surface area (Å²) in [6, 6.07) is 8.64. The number of ether oxygens (including phenoxy) is 1. The molecule has 3 rings (SSSR count). The first-order valence-electron chi connectivity index (χ1n) is 9.37. The maximum atomic E-state index is 6.15. The Labute approximate surface area is 150 Å². The second-order valence-corrected chi connectivity index (χ2v) is 7.57. The molecular weight excluding hydrogens is 312 g/mol. The molecule has 1 fully saturated rings. The molecule has 1 heterocycles. The van der Waals surface area contributed by atoms with E-state index >= 15 is 0 Å². The van der Waals surface area contributed by atoms with Crippen molar-refractivity contribution in [2.45, 2.75) is 70.4 Å². The minimum atomic E-state index is -0.139. The van der Waals surface area contributed by atoms with Gasteiger partial charge in [-0.3, -0.25) is 0 Å². The van der Waals surface area contributed by atoms with Gasteiger partial charge in [0.05, 0.1) is 0 Å². The van der Waals surface area contributed by atoms with Crippen LogP contribution < -0.4 is 10.5 Å². The number of benzene rings is 1. The van der Waals surface area contributed by atoms with Crippen LogP contribution in [0.1, 0.15) is 81.6 Å². The average molecular weight is 342 g/mol. The maximum Gasteiger partial charge on any atom is 0.173 e. The van der Waals surface area contributed by atoms with E-state index in [1.165, 1.54) is 5.56 Å². The van der Waals surface area contributed by atoms with Crippen molar-refractivity contribution in [2.24, 2.45) is 12.8 Å². The van der Waals surface area contributed by atoms with Crippen LogP contribution in [0.3, 0.4) is 0 Å². The topological polar surface area (TPSA) is 66.0 Å². The molecule has 1 aliphatic rings. The summed E-state index contributed by atoms with van der Waals surface area (Å²) in [5, 5.41) is 8.89. The minimum absolute atomic E-state index is 0.139. The molecule has 1 aliphatic carbocycles. The summed E-state index contributed by atoms with van der Waals surface area (Å²) in [6.07, 6.45) is 4.19. The van der Waals surface area contributed by atoms with Gasteiger partial charge in [0.1, 0.15) is 11.6 Å². The van der Waals surface area contributed by atoms with Crippen LogP contribution in [-0.4, -0.2) is 20.8 Å². The van der Waals surface area contributed by atoms with Gasteiger partial charge in [-0.2, -0.15) is 0 Å². The van der Waals surface area contributed by atoms with E-state index < -0.39 is 0 Å². The first kappa shape index (κ1) is 17.9. The summed E-state index contributed by atoms with van der Waals surface area (Å²) in [7, 11) is 2.05. The average Bonchev–Trinajstić information content (AvgIpc) is 2.97. The van der Waals surface area contributed by atoms with Gasteiger partial charge in [-0.15, -0.1) is 10.2 Å². The van der Waals surface area contributed by atoms with E-state index in [4.69, 9.17) is 10.5 Å². The summed E-state index contributed by atoms with van der Waals surface area (Å²) in [5.74, 6) is 3.76. The lowest BCUT2D eigenvalue weighted by Crippen LogP contribution is -2.26. The molecule has 1 aromatic heterocycles. The van der Waals surface area contributed by atoms with Crippen LogP contribution in [0.4, 0.5) is 0 Å². The molecule has 1 unspecified atom stereocenters. The molecule has 25 heavy (non-hydrogen) atoms. The fourth-order valence-electron chi connectivity index (χ4n) is 3.64. The molecule has 0 radical (unpaired) electrons. The molecule has 0 amide bonds. The van der Waals surface area contributed by atoms with Gasteiger partial charge in [0.15, 0.2) is 11.9 Å². The summed E-state index contributed by atoms with van der Waals surface area (Å²) in [4.78, 5) is 0. The molecule has 5 heteroatoms. The lowest BCUT2D eigenvalue weighted by atomic mass is 9.86. The first-order chi connectivity index (χ1) is 12.0. The van der Waals surface area contributed by atoms with Gasteiger partial charge in [0, 0.05) is 19.0 Å². The molecule has 1 saturated carbocycles. The SMILES string of the molecule is CC(C)c1cccc(OC(C)c2nnc(C3CCC(N)CC3)n2C)c1. The van der Waals surface area contributed by atoms with Crippen LogP contribution in [0.25, 0.3) is 0 Å². The Morgan fingerprint density at radius 3 is 2.52 bits per heavy atom. The molecule has 0 saturated heterocycles. The van der Waals surface area contributed by atoms with E-state index in [2.05, 4.69) is 40.7 Å². The zero-order valence-corrected chi connectivity index (χ0v) is 15.8. The largest absolute Gasteiger partial charge is 0.483 e. The lowest BCUT2D eigenvalue weighted by Gasteiger charge is -2.25. The third-order valence-corrected chi connectivity index (χ3v) is 5.28. The van der Waals surface area contributed by atoms with E-state index in [1.54, 1.807) is 0 Å². The monoisotopic (exact) mass is 342 g/mol. The summed E-state index contributed by atoms with van der Waals surface area (Å²) >= 11 is 0. The molecule has 136 valence electrons. The number of nitrogens with zero attached hydrogens (tertiary/aromatic N) is 3. The van der Waals surface area contributed by atoms with Crippen molar-refractivity contribution in [2.75, 3.05) is 0 Å². The number of nitrogens with two attached hydrogens (primary N) is 1. The molecule has 0 spiro atoms. The van der Waals surface area contributed by atoms with E-state index in [-0.39, 0.29) is 6.10 Å². The van der Waals surface area contributed by atoms with Crippen LogP contribution in [0.15, 0.2) is 24.3 Å². The van der Waals surface area contributed by atoms with Gasteiger partial charge in [-0.05, 0) is 56.2 Å².